The molecule has 4 nitrogen and oxygen atoms in total. The number of aromatic nitrogens is 2. The topological polar surface area (TPSA) is 41.1 Å². The lowest BCUT2D eigenvalue weighted by Crippen LogP contribution is -2.55. The van der Waals surface area contributed by atoms with Crippen molar-refractivity contribution in [1.82, 2.24) is 15.3 Å². The average molecular weight is 260 g/mol. The molecule has 5 heteroatoms. The number of nitrogens with zero attached hydrogens (tertiary/aromatic N) is 3. The largest absolute Gasteiger partial charge is 0.335 e. The molecule has 1 aliphatic heterocycles. The zero-order valence-corrected chi connectivity index (χ0v) is 11.1. The predicted molar refractivity (Wildman–Crippen MR) is 73.8 cm³/mol. The van der Waals surface area contributed by atoms with E-state index < -0.39 is 0 Å². The number of rotatable bonds is 1. The Kier molecular flexibility index (Phi) is 3.06. The normalized spacial score (nSPS) is 23.8. The molecular formula is C14H17FN4. The summed E-state index contributed by atoms with van der Waals surface area (Å²) in [7, 11) is 0. The third-order valence-electron chi connectivity index (χ3n) is 3.55. The van der Waals surface area contributed by atoms with Crippen molar-refractivity contribution in [2.75, 3.05) is 18.0 Å². The van der Waals surface area contributed by atoms with E-state index in [-0.39, 0.29) is 5.82 Å². The summed E-state index contributed by atoms with van der Waals surface area (Å²) in [6, 6.07) is 5.37. The van der Waals surface area contributed by atoms with Crippen LogP contribution in [0, 0.1) is 5.82 Å². The fourth-order valence-corrected chi connectivity index (χ4v) is 2.43. The molecule has 1 N–H and O–H groups in total. The second kappa shape index (κ2) is 4.74. The van der Waals surface area contributed by atoms with E-state index in [0.717, 1.165) is 29.9 Å². The highest BCUT2D eigenvalue weighted by atomic mass is 19.1. The van der Waals surface area contributed by atoms with Gasteiger partial charge in [-0.05, 0) is 32.0 Å². The van der Waals surface area contributed by atoms with Gasteiger partial charge >= 0.3 is 0 Å². The summed E-state index contributed by atoms with van der Waals surface area (Å²) < 4.78 is 13.1. The van der Waals surface area contributed by atoms with Crippen LogP contribution in [0.1, 0.15) is 13.8 Å². The molecule has 0 radical (unpaired) electrons. The molecule has 2 atom stereocenters. The summed E-state index contributed by atoms with van der Waals surface area (Å²) in [6.07, 6.45) is 1.69. The quantitative estimate of drug-likeness (QED) is 0.851. The molecule has 1 aliphatic rings. The van der Waals surface area contributed by atoms with Crippen molar-refractivity contribution in [3.63, 3.8) is 0 Å². The fraction of sp³-hybridized carbons (Fsp3) is 0.429. The number of fused-ring (bicyclic) bond motifs is 1. The first-order valence-electron chi connectivity index (χ1n) is 6.56. The summed E-state index contributed by atoms with van der Waals surface area (Å²) in [4.78, 5) is 11.1. The highest BCUT2D eigenvalue weighted by Gasteiger charge is 2.24. The van der Waals surface area contributed by atoms with E-state index in [9.17, 15) is 4.39 Å². The molecule has 1 saturated heterocycles. The van der Waals surface area contributed by atoms with Crippen LogP contribution in [0.5, 0.6) is 0 Å². The van der Waals surface area contributed by atoms with E-state index in [1.165, 1.54) is 12.1 Å². The molecule has 0 unspecified atom stereocenters. The lowest BCUT2D eigenvalue weighted by Gasteiger charge is -2.37. The van der Waals surface area contributed by atoms with Gasteiger partial charge in [0.1, 0.15) is 5.82 Å². The van der Waals surface area contributed by atoms with Crippen LogP contribution >= 0.6 is 0 Å². The molecular weight excluding hydrogens is 243 g/mol. The highest BCUT2D eigenvalue weighted by molar-refractivity contribution is 5.78. The smallest absolute Gasteiger partial charge is 0.226 e. The Morgan fingerprint density at radius 2 is 2.21 bits per heavy atom. The zero-order valence-electron chi connectivity index (χ0n) is 11.1. The molecule has 0 aliphatic carbocycles. The Morgan fingerprint density at radius 1 is 1.37 bits per heavy atom. The maximum atomic E-state index is 13.1. The minimum atomic E-state index is -0.256. The summed E-state index contributed by atoms with van der Waals surface area (Å²) >= 11 is 0. The third kappa shape index (κ3) is 2.38. The third-order valence-corrected chi connectivity index (χ3v) is 3.55. The molecule has 100 valence electrons. The molecule has 0 bridgehead atoms. The van der Waals surface area contributed by atoms with Gasteiger partial charge in [-0.2, -0.15) is 0 Å². The van der Waals surface area contributed by atoms with E-state index in [0.29, 0.717) is 12.1 Å². The van der Waals surface area contributed by atoms with Crippen molar-refractivity contribution in [2.45, 2.75) is 25.9 Å². The van der Waals surface area contributed by atoms with Crippen molar-refractivity contribution in [1.29, 1.82) is 0 Å². The Labute approximate surface area is 111 Å². The van der Waals surface area contributed by atoms with Gasteiger partial charge in [0.25, 0.3) is 0 Å². The Morgan fingerprint density at radius 3 is 3.05 bits per heavy atom. The summed E-state index contributed by atoms with van der Waals surface area (Å²) in [5.41, 5.74) is 0.782. The fourth-order valence-electron chi connectivity index (χ4n) is 2.43. The van der Waals surface area contributed by atoms with Crippen LogP contribution in [0.15, 0.2) is 24.4 Å². The second-order valence-corrected chi connectivity index (χ2v) is 5.18. The van der Waals surface area contributed by atoms with Crippen LogP contribution < -0.4 is 10.2 Å². The SMILES string of the molecule is C[C@@H]1CN(c2ncc3cc(F)ccc3n2)[C@@H](C)CN1. The van der Waals surface area contributed by atoms with Gasteiger partial charge in [0.2, 0.25) is 5.95 Å². The van der Waals surface area contributed by atoms with Crippen LogP contribution in [0.3, 0.4) is 0 Å². The average Bonchev–Trinajstić information content (AvgIpc) is 2.41. The molecule has 2 aromatic rings. The minimum absolute atomic E-state index is 0.256. The van der Waals surface area contributed by atoms with Gasteiger partial charge in [0.15, 0.2) is 0 Å². The first-order valence-corrected chi connectivity index (χ1v) is 6.56. The zero-order chi connectivity index (χ0) is 13.4. The Hall–Kier alpha value is -1.75. The lowest BCUT2D eigenvalue weighted by molar-refractivity contribution is 0.420. The van der Waals surface area contributed by atoms with E-state index in [1.807, 2.05) is 0 Å². The summed E-state index contributed by atoms with van der Waals surface area (Å²) in [5, 5.41) is 4.17. The highest BCUT2D eigenvalue weighted by Crippen LogP contribution is 2.19. The lowest BCUT2D eigenvalue weighted by atomic mass is 10.1. The van der Waals surface area contributed by atoms with Crippen molar-refractivity contribution >= 4 is 16.9 Å². The summed E-state index contributed by atoms with van der Waals surface area (Å²) in [5.74, 6) is 0.466. The van der Waals surface area contributed by atoms with Crippen LogP contribution in [0.25, 0.3) is 10.9 Å². The maximum Gasteiger partial charge on any atom is 0.226 e. The molecule has 0 saturated carbocycles. The predicted octanol–water partition coefficient (Wildman–Crippen LogP) is 1.96. The van der Waals surface area contributed by atoms with Crippen LogP contribution in [-0.2, 0) is 0 Å². The first-order chi connectivity index (χ1) is 9.13. The molecule has 0 spiro atoms. The van der Waals surface area contributed by atoms with Gasteiger partial charge < -0.3 is 10.2 Å². The van der Waals surface area contributed by atoms with Gasteiger partial charge in [-0.3, -0.25) is 0 Å². The number of hydrogen-bond donors (Lipinski definition) is 1. The van der Waals surface area contributed by atoms with Crippen LogP contribution in [-0.4, -0.2) is 35.1 Å². The van der Waals surface area contributed by atoms with Crippen LogP contribution in [0.2, 0.25) is 0 Å². The summed E-state index contributed by atoms with van der Waals surface area (Å²) in [6.45, 7) is 6.10. The number of piperazine rings is 1. The van der Waals surface area contributed by atoms with Crippen molar-refractivity contribution in [2.24, 2.45) is 0 Å². The molecule has 19 heavy (non-hydrogen) atoms. The molecule has 3 rings (SSSR count). The Bertz CT molecular complexity index is 601. The van der Waals surface area contributed by atoms with Gasteiger partial charge in [0, 0.05) is 36.8 Å². The number of benzene rings is 1. The van der Waals surface area contributed by atoms with Crippen molar-refractivity contribution < 1.29 is 4.39 Å². The second-order valence-electron chi connectivity index (χ2n) is 5.18. The van der Waals surface area contributed by atoms with E-state index >= 15 is 0 Å². The standard InChI is InChI=1S/C14H17FN4/c1-9-8-19(10(2)6-16-9)14-17-7-11-5-12(15)3-4-13(11)18-14/h3-5,7,9-10,16H,6,8H2,1-2H3/t9-,10+/m1/s1. The molecule has 2 heterocycles. The van der Waals surface area contributed by atoms with E-state index in [4.69, 9.17) is 0 Å². The molecule has 1 aromatic heterocycles. The van der Waals surface area contributed by atoms with Gasteiger partial charge in [-0.1, -0.05) is 0 Å². The monoisotopic (exact) mass is 260 g/mol. The number of halogens is 1. The van der Waals surface area contributed by atoms with E-state index in [1.54, 1.807) is 12.3 Å². The number of nitrogens with one attached hydrogen (secondary N) is 1. The first kappa shape index (κ1) is 12.3. The van der Waals surface area contributed by atoms with E-state index in [2.05, 4.69) is 34.0 Å². The molecule has 1 aromatic carbocycles. The van der Waals surface area contributed by atoms with Crippen LogP contribution in [0.4, 0.5) is 10.3 Å². The van der Waals surface area contributed by atoms with Crippen molar-refractivity contribution in [3.05, 3.63) is 30.2 Å². The molecule has 0 amide bonds. The van der Waals surface area contributed by atoms with Crippen molar-refractivity contribution in [3.8, 4) is 0 Å². The molecule has 1 fully saturated rings. The Balaban J connectivity index is 1.98. The van der Waals surface area contributed by atoms with Gasteiger partial charge in [-0.25, -0.2) is 14.4 Å². The maximum absolute atomic E-state index is 13.1. The minimum Gasteiger partial charge on any atom is -0.335 e. The number of hydrogen-bond acceptors (Lipinski definition) is 4. The van der Waals surface area contributed by atoms with Gasteiger partial charge in [-0.15, -0.1) is 0 Å². The van der Waals surface area contributed by atoms with Gasteiger partial charge in [0.05, 0.1) is 5.52 Å². The number of anilines is 1.